The van der Waals surface area contributed by atoms with Gasteiger partial charge in [0, 0.05) is 10.5 Å². The predicted molar refractivity (Wildman–Crippen MR) is 123 cm³/mol. The summed E-state index contributed by atoms with van der Waals surface area (Å²) in [5.41, 5.74) is 0.307. The Morgan fingerprint density at radius 2 is 2.03 bits per heavy atom. The van der Waals surface area contributed by atoms with E-state index in [1.54, 1.807) is 30.3 Å². The minimum Gasteiger partial charge on any atom is -0.489 e. The van der Waals surface area contributed by atoms with Crippen molar-refractivity contribution in [1.29, 1.82) is 0 Å². The largest absolute Gasteiger partial charge is 0.489 e. The fourth-order valence-corrected chi connectivity index (χ4v) is 4.22. The van der Waals surface area contributed by atoms with Gasteiger partial charge in [0.1, 0.15) is 5.57 Å². The van der Waals surface area contributed by atoms with E-state index in [4.69, 9.17) is 17.0 Å². The lowest BCUT2D eigenvalue weighted by Gasteiger charge is -2.29. The van der Waals surface area contributed by atoms with E-state index in [0.29, 0.717) is 14.8 Å². The molecule has 0 unspecified atom stereocenters. The second kappa shape index (κ2) is 8.55. The predicted octanol–water partition coefficient (Wildman–Crippen LogP) is 3.80. The summed E-state index contributed by atoms with van der Waals surface area (Å²) < 4.78 is 6.28. The molecular formula is C18H11BrIN3O5S. The van der Waals surface area contributed by atoms with Gasteiger partial charge in [-0.2, -0.15) is 0 Å². The Bertz CT molecular complexity index is 1100. The average Bonchev–Trinajstić information content (AvgIpc) is 2.64. The number of nitrogens with zero attached hydrogens (tertiary/aromatic N) is 2. The fourth-order valence-electron chi connectivity index (χ4n) is 2.69. The van der Waals surface area contributed by atoms with Gasteiger partial charge in [0.15, 0.2) is 5.11 Å². The number of benzene rings is 2. The molecule has 2 aromatic rings. The first-order valence-corrected chi connectivity index (χ1v) is 10.2. The van der Waals surface area contributed by atoms with Crippen molar-refractivity contribution in [3.05, 3.63) is 65.7 Å². The number of carbonyl (C=O) groups excluding carboxylic acids is 2. The maximum atomic E-state index is 13.0. The molecule has 1 aliphatic rings. The van der Waals surface area contributed by atoms with Crippen molar-refractivity contribution in [1.82, 2.24) is 5.32 Å². The number of ether oxygens (including phenoxy) is 1. The number of hydrogen-bond donors (Lipinski definition) is 1. The van der Waals surface area contributed by atoms with Crippen LogP contribution in [-0.2, 0) is 9.59 Å². The summed E-state index contributed by atoms with van der Waals surface area (Å²) in [6.45, 7) is 0. The number of anilines is 1. The lowest BCUT2D eigenvalue weighted by Crippen LogP contribution is -2.54. The Balaban J connectivity index is 2.09. The molecule has 8 nitrogen and oxygen atoms in total. The number of nitrogens with one attached hydrogen (secondary N) is 1. The average molecular weight is 588 g/mol. The van der Waals surface area contributed by atoms with Crippen LogP contribution in [0.2, 0.25) is 0 Å². The highest BCUT2D eigenvalue weighted by molar-refractivity contribution is 14.1. The van der Waals surface area contributed by atoms with Gasteiger partial charge in [0.2, 0.25) is 5.75 Å². The summed E-state index contributed by atoms with van der Waals surface area (Å²) in [4.78, 5) is 37.4. The molecule has 11 heteroatoms. The van der Waals surface area contributed by atoms with Gasteiger partial charge in [0.05, 0.1) is 21.3 Å². The van der Waals surface area contributed by atoms with Gasteiger partial charge >= 0.3 is 5.69 Å². The Morgan fingerprint density at radius 1 is 1.31 bits per heavy atom. The third-order valence-electron chi connectivity index (χ3n) is 3.93. The molecule has 3 rings (SSSR count). The minimum atomic E-state index is -0.681. The van der Waals surface area contributed by atoms with Crippen molar-refractivity contribution in [2.45, 2.75) is 0 Å². The molecule has 1 aliphatic heterocycles. The van der Waals surface area contributed by atoms with Gasteiger partial charge in [-0.05, 0) is 70.7 Å². The highest BCUT2D eigenvalue weighted by Gasteiger charge is 2.34. The maximum absolute atomic E-state index is 13.0. The molecule has 29 heavy (non-hydrogen) atoms. The summed E-state index contributed by atoms with van der Waals surface area (Å²) in [5, 5.41) is 13.8. The standard InChI is InChI=1S/C18H11BrIN3O5S/c1-28-15-13(20)6-9(7-14(15)23(26)27)5-12-16(24)21-18(29)22(17(12)25)11-4-2-3-10(19)8-11/h2-8H,1H3,(H,21,24,29)/b12-5+. The van der Waals surface area contributed by atoms with E-state index in [1.807, 2.05) is 22.6 Å². The molecule has 2 aromatic carbocycles. The summed E-state index contributed by atoms with van der Waals surface area (Å²) in [5.74, 6) is -1.21. The smallest absolute Gasteiger partial charge is 0.312 e. The Hall–Kier alpha value is -2.38. The lowest BCUT2D eigenvalue weighted by molar-refractivity contribution is -0.385. The Labute approximate surface area is 192 Å². The second-order valence-electron chi connectivity index (χ2n) is 5.75. The third kappa shape index (κ3) is 4.31. The van der Waals surface area contributed by atoms with E-state index >= 15 is 0 Å². The first-order valence-electron chi connectivity index (χ1n) is 7.92. The molecule has 2 amide bonds. The SMILES string of the molecule is COc1c(I)cc(/C=C2\C(=O)NC(=S)N(c3cccc(Br)c3)C2=O)cc1[N+](=O)[O-]. The van der Waals surface area contributed by atoms with Crippen LogP contribution < -0.4 is 15.0 Å². The van der Waals surface area contributed by atoms with Crippen molar-refractivity contribution in [2.75, 3.05) is 12.0 Å². The zero-order valence-electron chi connectivity index (χ0n) is 14.6. The molecule has 1 N–H and O–H groups in total. The van der Waals surface area contributed by atoms with Crippen LogP contribution in [0.4, 0.5) is 11.4 Å². The number of carbonyl (C=O) groups is 2. The van der Waals surface area contributed by atoms with Crippen LogP contribution in [-0.4, -0.2) is 29.0 Å². The third-order valence-corrected chi connectivity index (χ3v) is 5.51. The van der Waals surface area contributed by atoms with Crippen molar-refractivity contribution in [3.8, 4) is 5.75 Å². The Kier molecular flexibility index (Phi) is 6.29. The number of halogens is 2. The fraction of sp³-hybridized carbons (Fsp3) is 0.0556. The molecule has 1 saturated heterocycles. The quantitative estimate of drug-likeness (QED) is 0.146. The van der Waals surface area contributed by atoms with E-state index < -0.39 is 16.7 Å². The van der Waals surface area contributed by atoms with Crippen molar-refractivity contribution < 1.29 is 19.2 Å². The highest BCUT2D eigenvalue weighted by Crippen LogP contribution is 2.34. The molecule has 0 bridgehead atoms. The van der Waals surface area contributed by atoms with E-state index in [-0.39, 0.29) is 22.1 Å². The van der Waals surface area contributed by atoms with Crippen molar-refractivity contribution in [2.24, 2.45) is 0 Å². The van der Waals surface area contributed by atoms with Gasteiger partial charge in [-0.15, -0.1) is 0 Å². The summed E-state index contributed by atoms with van der Waals surface area (Å²) >= 11 is 10.4. The number of methoxy groups -OCH3 is 1. The van der Waals surface area contributed by atoms with Gasteiger partial charge in [-0.25, -0.2) is 0 Å². The molecule has 0 radical (unpaired) electrons. The number of amides is 2. The number of rotatable bonds is 4. The van der Waals surface area contributed by atoms with Gasteiger partial charge in [-0.1, -0.05) is 22.0 Å². The van der Waals surface area contributed by atoms with E-state index in [1.165, 1.54) is 24.2 Å². The second-order valence-corrected chi connectivity index (χ2v) is 8.21. The number of nitro benzene ring substituents is 1. The van der Waals surface area contributed by atoms with Gasteiger partial charge in [0.25, 0.3) is 11.8 Å². The number of hydrogen-bond acceptors (Lipinski definition) is 6. The highest BCUT2D eigenvalue weighted by atomic mass is 127. The summed E-state index contributed by atoms with van der Waals surface area (Å²) in [7, 11) is 1.33. The molecule has 0 spiro atoms. The normalized spacial score (nSPS) is 15.5. The number of thiocarbonyl (C=S) groups is 1. The Morgan fingerprint density at radius 3 is 2.66 bits per heavy atom. The van der Waals surface area contributed by atoms with E-state index in [2.05, 4.69) is 21.2 Å². The zero-order valence-corrected chi connectivity index (χ0v) is 19.2. The first kappa shape index (κ1) is 21.3. The van der Waals surface area contributed by atoms with E-state index in [0.717, 1.165) is 4.47 Å². The van der Waals surface area contributed by atoms with E-state index in [9.17, 15) is 19.7 Å². The minimum absolute atomic E-state index is 0.0504. The monoisotopic (exact) mass is 587 g/mol. The van der Waals surface area contributed by atoms with Crippen LogP contribution in [0.1, 0.15) is 5.56 Å². The molecule has 0 saturated carbocycles. The first-order chi connectivity index (χ1) is 13.7. The summed E-state index contributed by atoms with van der Waals surface area (Å²) in [6.07, 6.45) is 1.29. The van der Waals surface area contributed by atoms with Crippen molar-refractivity contribution in [3.63, 3.8) is 0 Å². The molecule has 0 aliphatic carbocycles. The van der Waals surface area contributed by atoms with Crippen LogP contribution >= 0.6 is 50.7 Å². The van der Waals surface area contributed by atoms with Crippen LogP contribution in [0, 0.1) is 13.7 Å². The summed E-state index contributed by atoms with van der Waals surface area (Å²) in [6, 6.07) is 9.69. The van der Waals surface area contributed by atoms with Crippen molar-refractivity contribution >= 4 is 85.1 Å². The molecule has 1 fully saturated rings. The molecule has 0 atom stereocenters. The van der Waals surface area contributed by atoms with Crippen LogP contribution in [0.3, 0.4) is 0 Å². The van der Waals surface area contributed by atoms with Gasteiger partial charge in [-0.3, -0.25) is 29.9 Å². The van der Waals surface area contributed by atoms with Gasteiger partial charge < -0.3 is 4.74 Å². The van der Waals surface area contributed by atoms with Crippen LogP contribution in [0.5, 0.6) is 5.75 Å². The van der Waals surface area contributed by atoms with Crippen LogP contribution in [0.15, 0.2) is 46.4 Å². The van der Waals surface area contributed by atoms with Crippen LogP contribution in [0.25, 0.3) is 6.08 Å². The topological polar surface area (TPSA) is 102 Å². The molecule has 0 aromatic heterocycles. The number of nitro groups is 1. The molecular weight excluding hydrogens is 577 g/mol. The lowest BCUT2D eigenvalue weighted by atomic mass is 10.1. The molecule has 148 valence electrons. The maximum Gasteiger partial charge on any atom is 0.312 e. The zero-order chi connectivity index (χ0) is 21.3. The molecule has 1 heterocycles.